The normalized spacial score (nSPS) is 17.2. The van der Waals surface area contributed by atoms with Crippen molar-refractivity contribution in [3.05, 3.63) is 28.2 Å². The summed E-state index contributed by atoms with van der Waals surface area (Å²) in [6.45, 7) is 0. The number of nitrogens with zero attached hydrogens (tertiary/aromatic N) is 1. The Kier molecular flexibility index (Phi) is 3.59. The molecule has 1 aliphatic carbocycles. The number of rotatable bonds is 4. The number of hydrogen-bond acceptors (Lipinski definition) is 3. The molecule has 0 heterocycles. The van der Waals surface area contributed by atoms with Crippen LogP contribution >= 0.6 is 23.2 Å². The van der Waals surface area contributed by atoms with Gasteiger partial charge in [-0.1, -0.05) is 23.2 Å². The highest BCUT2D eigenvalue weighted by molar-refractivity contribution is 7.91. The molecular weight excluding hydrogens is 293 g/mol. The van der Waals surface area contributed by atoms with Crippen LogP contribution in [0.4, 0.5) is 0 Å². The molecule has 0 saturated heterocycles. The van der Waals surface area contributed by atoms with Crippen molar-refractivity contribution in [2.24, 2.45) is 5.41 Å². The zero-order chi connectivity index (χ0) is 13.4. The zero-order valence-electron chi connectivity index (χ0n) is 9.49. The summed E-state index contributed by atoms with van der Waals surface area (Å²) in [4.78, 5) is 0.168. The molecule has 0 amide bonds. The molecule has 0 aliphatic heterocycles. The number of halogens is 2. The number of hydrogen-bond donors (Lipinski definition) is 0. The molecule has 0 spiro atoms. The fourth-order valence-corrected chi connectivity index (χ4v) is 4.17. The lowest BCUT2D eigenvalue weighted by atomic mass is 10.1. The fraction of sp³-hybridized carbons (Fsp3) is 0.417. The van der Waals surface area contributed by atoms with Crippen LogP contribution in [-0.2, 0) is 9.84 Å². The molecule has 0 atom stereocenters. The van der Waals surface area contributed by atoms with Gasteiger partial charge in [-0.3, -0.25) is 0 Å². The Bertz CT molecular complexity index is 615. The molecule has 0 unspecified atom stereocenters. The second-order valence-corrected chi connectivity index (χ2v) is 7.47. The van der Waals surface area contributed by atoms with Crippen molar-refractivity contribution >= 4 is 33.0 Å². The maximum Gasteiger partial charge on any atom is 0.179 e. The molecule has 6 heteroatoms. The van der Waals surface area contributed by atoms with Gasteiger partial charge in [-0.05, 0) is 36.5 Å². The van der Waals surface area contributed by atoms with Crippen molar-refractivity contribution in [3.8, 4) is 6.07 Å². The van der Waals surface area contributed by atoms with E-state index in [2.05, 4.69) is 6.07 Å². The summed E-state index contributed by atoms with van der Waals surface area (Å²) in [5.74, 6) is 0.00548. The molecule has 1 aromatic rings. The predicted molar refractivity (Wildman–Crippen MR) is 70.4 cm³/mol. The fourth-order valence-electron chi connectivity index (χ4n) is 1.87. The largest absolute Gasteiger partial charge is 0.224 e. The molecule has 0 aromatic heterocycles. The smallest absolute Gasteiger partial charge is 0.179 e. The van der Waals surface area contributed by atoms with Gasteiger partial charge in [0.25, 0.3) is 0 Å². The minimum atomic E-state index is -3.41. The maximum absolute atomic E-state index is 12.2. The summed E-state index contributed by atoms with van der Waals surface area (Å²) in [5, 5.41) is 9.26. The van der Waals surface area contributed by atoms with Gasteiger partial charge in [0.15, 0.2) is 9.84 Å². The predicted octanol–water partition coefficient (Wildman–Crippen LogP) is 3.46. The van der Waals surface area contributed by atoms with Gasteiger partial charge < -0.3 is 0 Å². The average Bonchev–Trinajstić information content (AvgIpc) is 3.01. The lowest BCUT2D eigenvalue weighted by molar-refractivity contribution is 0.548. The van der Waals surface area contributed by atoms with Crippen molar-refractivity contribution in [2.45, 2.75) is 24.2 Å². The third kappa shape index (κ3) is 2.80. The Morgan fingerprint density at radius 2 is 1.94 bits per heavy atom. The Balaban J connectivity index is 2.26. The summed E-state index contributed by atoms with van der Waals surface area (Å²) in [6, 6.07) is 6.34. The molecule has 1 saturated carbocycles. The third-order valence-corrected chi connectivity index (χ3v) is 5.86. The van der Waals surface area contributed by atoms with Crippen LogP contribution in [0.5, 0.6) is 0 Å². The third-order valence-electron chi connectivity index (χ3n) is 3.16. The van der Waals surface area contributed by atoms with Crippen LogP contribution in [0.25, 0.3) is 0 Å². The molecule has 96 valence electrons. The second-order valence-electron chi connectivity index (χ2n) is 4.67. The molecule has 1 fully saturated rings. The first-order chi connectivity index (χ1) is 8.38. The zero-order valence-corrected chi connectivity index (χ0v) is 11.8. The van der Waals surface area contributed by atoms with Crippen LogP contribution in [0.15, 0.2) is 23.1 Å². The van der Waals surface area contributed by atoms with E-state index in [-0.39, 0.29) is 27.5 Å². The molecule has 0 radical (unpaired) electrons. The van der Waals surface area contributed by atoms with E-state index in [4.69, 9.17) is 28.5 Å². The summed E-state index contributed by atoms with van der Waals surface area (Å²) < 4.78 is 24.4. The van der Waals surface area contributed by atoms with E-state index in [1.54, 1.807) is 0 Å². The minimum Gasteiger partial charge on any atom is -0.224 e. The highest BCUT2D eigenvalue weighted by Crippen LogP contribution is 2.50. The van der Waals surface area contributed by atoms with Crippen LogP contribution < -0.4 is 0 Å². The van der Waals surface area contributed by atoms with E-state index in [1.165, 1.54) is 18.2 Å². The first kappa shape index (κ1) is 13.7. The van der Waals surface area contributed by atoms with Gasteiger partial charge >= 0.3 is 0 Å². The lowest BCUT2D eigenvalue weighted by Crippen LogP contribution is -2.17. The SMILES string of the molecule is N#CCC1(CS(=O)(=O)c2ccc(Cl)c(Cl)c2)CC1. The van der Waals surface area contributed by atoms with E-state index >= 15 is 0 Å². The number of nitriles is 1. The molecule has 3 nitrogen and oxygen atoms in total. The van der Waals surface area contributed by atoms with E-state index in [0.717, 1.165) is 12.8 Å². The topological polar surface area (TPSA) is 57.9 Å². The Morgan fingerprint density at radius 3 is 2.44 bits per heavy atom. The van der Waals surface area contributed by atoms with Gasteiger partial charge in [0, 0.05) is 6.42 Å². The highest BCUT2D eigenvalue weighted by atomic mass is 35.5. The first-order valence-electron chi connectivity index (χ1n) is 5.43. The molecule has 0 bridgehead atoms. The van der Waals surface area contributed by atoms with E-state index in [1.807, 2.05) is 0 Å². The molecule has 18 heavy (non-hydrogen) atoms. The van der Waals surface area contributed by atoms with Crippen molar-refractivity contribution < 1.29 is 8.42 Å². The standard InChI is InChI=1S/C12H11Cl2NO2S/c13-10-2-1-9(7-11(10)14)18(16,17)8-12(3-4-12)5-6-15/h1-2,7H,3-5,8H2. The molecule has 2 rings (SSSR count). The molecule has 0 N–H and O–H groups in total. The molecule has 1 aromatic carbocycles. The van der Waals surface area contributed by atoms with Crippen LogP contribution in [-0.4, -0.2) is 14.2 Å². The van der Waals surface area contributed by atoms with Gasteiger partial charge in [0.2, 0.25) is 0 Å². The van der Waals surface area contributed by atoms with Crippen LogP contribution in [0.3, 0.4) is 0 Å². The summed E-state index contributed by atoms with van der Waals surface area (Å²) >= 11 is 11.6. The monoisotopic (exact) mass is 303 g/mol. The summed E-state index contributed by atoms with van der Waals surface area (Å²) in [7, 11) is -3.41. The lowest BCUT2D eigenvalue weighted by Gasteiger charge is -2.12. The Labute approximate surface area is 116 Å². The van der Waals surface area contributed by atoms with Gasteiger partial charge in [0.05, 0.1) is 26.8 Å². The highest BCUT2D eigenvalue weighted by Gasteiger charge is 2.46. The van der Waals surface area contributed by atoms with Crippen molar-refractivity contribution in [2.75, 3.05) is 5.75 Å². The van der Waals surface area contributed by atoms with E-state index < -0.39 is 9.84 Å². The first-order valence-corrected chi connectivity index (χ1v) is 7.84. The van der Waals surface area contributed by atoms with Crippen molar-refractivity contribution in [3.63, 3.8) is 0 Å². The second kappa shape index (κ2) is 4.73. The van der Waals surface area contributed by atoms with E-state index in [9.17, 15) is 8.42 Å². The summed E-state index contributed by atoms with van der Waals surface area (Å²) in [5.41, 5.74) is -0.348. The van der Waals surface area contributed by atoms with Gasteiger partial charge in [0.1, 0.15) is 0 Å². The van der Waals surface area contributed by atoms with Gasteiger partial charge in [-0.2, -0.15) is 5.26 Å². The number of benzene rings is 1. The van der Waals surface area contributed by atoms with Crippen LogP contribution in [0.1, 0.15) is 19.3 Å². The van der Waals surface area contributed by atoms with Crippen LogP contribution in [0, 0.1) is 16.7 Å². The van der Waals surface area contributed by atoms with Gasteiger partial charge in [-0.15, -0.1) is 0 Å². The van der Waals surface area contributed by atoms with Crippen molar-refractivity contribution in [1.82, 2.24) is 0 Å². The average molecular weight is 304 g/mol. The van der Waals surface area contributed by atoms with Crippen molar-refractivity contribution in [1.29, 1.82) is 5.26 Å². The number of sulfone groups is 1. The minimum absolute atomic E-state index is 0.00548. The van der Waals surface area contributed by atoms with E-state index in [0.29, 0.717) is 5.02 Å². The Hall–Kier alpha value is -0.760. The quantitative estimate of drug-likeness (QED) is 0.856. The molecular formula is C12H11Cl2NO2S. The maximum atomic E-state index is 12.2. The van der Waals surface area contributed by atoms with Crippen LogP contribution in [0.2, 0.25) is 10.0 Å². The molecule has 1 aliphatic rings. The van der Waals surface area contributed by atoms with Gasteiger partial charge in [-0.25, -0.2) is 8.42 Å². The summed E-state index contributed by atoms with van der Waals surface area (Å²) in [6.07, 6.45) is 1.87. The Morgan fingerprint density at radius 1 is 1.28 bits per heavy atom.